The molecule has 1 aliphatic carbocycles. The minimum absolute atomic E-state index is 0.557. The fourth-order valence-corrected chi connectivity index (χ4v) is 4.33. The molecule has 0 N–H and O–H groups in total. The second kappa shape index (κ2) is 6.69. The molecular weight excluding hydrogens is 366 g/mol. The van der Waals surface area contributed by atoms with Crippen LogP contribution >= 0.6 is 23.3 Å². The molecule has 1 fully saturated rings. The van der Waals surface area contributed by atoms with Crippen LogP contribution in [0, 0.1) is 0 Å². The van der Waals surface area contributed by atoms with Crippen molar-refractivity contribution in [2.45, 2.75) is 34.8 Å². The van der Waals surface area contributed by atoms with Crippen molar-refractivity contribution in [1.82, 2.24) is 24.1 Å². The van der Waals surface area contributed by atoms with E-state index < -0.39 is 0 Å². The van der Waals surface area contributed by atoms with Crippen LogP contribution < -0.4 is 0 Å². The lowest BCUT2D eigenvalue weighted by atomic mass is 10.2. The van der Waals surface area contributed by atoms with E-state index in [1.54, 1.807) is 6.26 Å². The van der Waals surface area contributed by atoms with Gasteiger partial charge >= 0.3 is 0 Å². The standard InChI is InChI=1S/C18H15N5OS2/c1-2-5-13(6-3-1)16-20-21-17(23(16)11-14-7-4-10-24-14)25-18-19-15(22-26-18)12-8-9-12/h1-7,10,12H,8-9,11H2. The molecule has 4 aromatic rings. The Kier molecular flexibility index (Phi) is 4.06. The summed E-state index contributed by atoms with van der Waals surface area (Å²) in [6.07, 6.45) is 4.09. The summed E-state index contributed by atoms with van der Waals surface area (Å²) in [5.41, 5.74) is 1.02. The number of furan rings is 1. The lowest BCUT2D eigenvalue weighted by molar-refractivity contribution is 0.485. The predicted molar refractivity (Wildman–Crippen MR) is 99.3 cm³/mol. The first kappa shape index (κ1) is 15.8. The molecule has 130 valence electrons. The first-order valence-electron chi connectivity index (χ1n) is 8.39. The van der Waals surface area contributed by atoms with Gasteiger partial charge in [-0.1, -0.05) is 30.3 Å². The summed E-state index contributed by atoms with van der Waals surface area (Å²) in [4.78, 5) is 4.65. The quantitative estimate of drug-likeness (QED) is 0.491. The lowest BCUT2D eigenvalue weighted by Gasteiger charge is -2.07. The van der Waals surface area contributed by atoms with Gasteiger partial charge in [0.2, 0.25) is 0 Å². The third-order valence-electron chi connectivity index (χ3n) is 4.19. The summed E-state index contributed by atoms with van der Waals surface area (Å²) in [6, 6.07) is 13.9. The number of rotatable bonds is 6. The zero-order valence-corrected chi connectivity index (χ0v) is 15.4. The zero-order valence-electron chi connectivity index (χ0n) is 13.8. The average Bonchev–Trinajstić information content (AvgIpc) is 3.07. The van der Waals surface area contributed by atoms with Crippen LogP contribution in [0.15, 0.2) is 62.6 Å². The fraction of sp³-hybridized carbons (Fsp3) is 0.222. The average molecular weight is 381 g/mol. The van der Waals surface area contributed by atoms with Crippen LogP contribution in [0.1, 0.15) is 30.3 Å². The summed E-state index contributed by atoms with van der Waals surface area (Å²) >= 11 is 2.94. The molecule has 26 heavy (non-hydrogen) atoms. The van der Waals surface area contributed by atoms with Crippen LogP contribution in [0.5, 0.6) is 0 Å². The fourth-order valence-electron chi connectivity index (χ4n) is 2.71. The maximum Gasteiger partial charge on any atom is 0.199 e. The first-order chi connectivity index (χ1) is 12.9. The van der Waals surface area contributed by atoms with E-state index in [9.17, 15) is 0 Å². The largest absolute Gasteiger partial charge is 0.467 e. The highest BCUT2D eigenvalue weighted by molar-refractivity contribution is 8.00. The molecule has 0 bridgehead atoms. The van der Waals surface area contributed by atoms with Crippen LogP contribution in [-0.2, 0) is 6.54 Å². The minimum atomic E-state index is 0.557. The normalized spacial score (nSPS) is 14.0. The maximum absolute atomic E-state index is 5.54. The van der Waals surface area contributed by atoms with E-state index in [2.05, 4.69) is 24.1 Å². The number of hydrogen-bond acceptors (Lipinski definition) is 7. The van der Waals surface area contributed by atoms with Gasteiger partial charge in [0, 0.05) is 11.5 Å². The van der Waals surface area contributed by atoms with Crippen molar-refractivity contribution in [3.8, 4) is 11.4 Å². The molecule has 0 atom stereocenters. The molecular formula is C18H15N5OS2. The van der Waals surface area contributed by atoms with E-state index in [-0.39, 0.29) is 0 Å². The van der Waals surface area contributed by atoms with Crippen LogP contribution in [0.2, 0.25) is 0 Å². The van der Waals surface area contributed by atoms with Crippen molar-refractivity contribution >= 4 is 23.3 Å². The Morgan fingerprint density at radius 2 is 2.00 bits per heavy atom. The molecule has 0 spiro atoms. The number of hydrogen-bond donors (Lipinski definition) is 0. The highest BCUT2D eigenvalue weighted by atomic mass is 32.2. The third kappa shape index (κ3) is 3.17. The molecule has 0 unspecified atom stereocenters. The molecule has 0 amide bonds. The SMILES string of the molecule is c1ccc(-c2nnc(Sc3nc(C4CC4)ns3)n2Cc2ccco2)cc1. The van der Waals surface area contributed by atoms with E-state index in [1.807, 2.05) is 42.5 Å². The van der Waals surface area contributed by atoms with Gasteiger partial charge in [0.05, 0.1) is 12.8 Å². The topological polar surface area (TPSA) is 69.6 Å². The Hall–Kier alpha value is -2.45. The Labute approximate surface area is 158 Å². The number of benzene rings is 1. The van der Waals surface area contributed by atoms with Gasteiger partial charge in [0.1, 0.15) is 11.6 Å². The van der Waals surface area contributed by atoms with Gasteiger partial charge in [0.25, 0.3) is 0 Å². The Balaban J connectivity index is 1.50. The number of aromatic nitrogens is 5. The van der Waals surface area contributed by atoms with E-state index >= 15 is 0 Å². The smallest absolute Gasteiger partial charge is 0.199 e. The molecule has 0 aliphatic heterocycles. The Morgan fingerprint density at radius 3 is 2.77 bits per heavy atom. The first-order valence-corrected chi connectivity index (χ1v) is 9.98. The van der Waals surface area contributed by atoms with E-state index in [4.69, 9.17) is 4.42 Å². The molecule has 0 saturated heterocycles. The number of nitrogens with zero attached hydrogens (tertiary/aromatic N) is 5. The summed E-state index contributed by atoms with van der Waals surface area (Å²) in [5, 5.41) is 9.63. The lowest BCUT2D eigenvalue weighted by Crippen LogP contribution is -2.03. The van der Waals surface area contributed by atoms with Crippen LogP contribution in [0.25, 0.3) is 11.4 Å². The van der Waals surface area contributed by atoms with E-state index in [0.717, 1.165) is 32.5 Å². The highest BCUT2D eigenvalue weighted by Crippen LogP contribution is 2.40. The maximum atomic E-state index is 5.54. The van der Waals surface area contributed by atoms with Gasteiger partial charge < -0.3 is 4.42 Å². The Bertz CT molecular complexity index is 1010. The van der Waals surface area contributed by atoms with E-state index in [0.29, 0.717) is 12.5 Å². The van der Waals surface area contributed by atoms with Crippen LogP contribution in [0.3, 0.4) is 0 Å². The molecule has 1 saturated carbocycles. The van der Waals surface area contributed by atoms with Crippen molar-refractivity contribution in [2.75, 3.05) is 0 Å². The minimum Gasteiger partial charge on any atom is -0.467 e. The monoisotopic (exact) mass is 381 g/mol. The van der Waals surface area contributed by atoms with Gasteiger partial charge in [-0.05, 0) is 48.3 Å². The summed E-state index contributed by atoms with van der Waals surface area (Å²) in [7, 11) is 0. The molecule has 6 nitrogen and oxygen atoms in total. The van der Waals surface area contributed by atoms with Crippen molar-refractivity contribution in [2.24, 2.45) is 0 Å². The molecule has 3 heterocycles. The molecule has 8 heteroatoms. The van der Waals surface area contributed by atoms with Gasteiger partial charge in [-0.25, -0.2) is 4.98 Å². The second-order valence-electron chi connectivity index (χ2n) is 6.13. The summed E-state index contributed by atoms with van der Waals surface area (Å²) in [6.45, 7) is 0.570. The van der Waals surface area contributed by atoms with Gasteiger partial charge in [-0.3, -0.25) is 4.57 Å². The van der Waals surface area contributed by atoms with Crippen molar-refractivity contribution in [3.63, 3.8) is 0 Å². The molecule has 5 rings (SSSR count). The van der Waals surface area contributed by atoms with Gasteiger partial charge in [-0.15, -0.1) is 10.2 Å². The van der Waals surface area contributed by atoms with Gasteiger partial charge in [-0.2, -0.15) is 4.37 Å². The summed E-state index contributed by atoms with van der Waals surface area (Å²) < 4.78 is 13.0. The van der Waals surface area contributed by atoms with Crippen molar-refractivity contribution < 1.29 is 4.42 Å². The van der Waals surface area contributed by atoms with Gasteiger partial charge in [0.15, 0.2) is 15.3 Å². The van der Waals surface area contributed by atoms with Crippen LogP contribution in [-0.4, -0.2) is 24.1 Å². The van der Waals surface area contributed by atoms with Crippen LogP contribution in [0.4, 0.5) is 0 Å². The Morgan fingerprint density at radius 1 is 1.12 bits per heavy atom. The van der Waals surface area contributed by atoms with Crippen molar-refractivity contribution in [3.05, 3.63) is 60.3 Å². The summed E-state index contributed by atoms with van der Waals surface area (Å²) in [5.74, 6) is 3.20. The van der Waals surface area contributed by atoms with E-state index in [1.165, 1.54) is 36.1 Å². The second-order valence-corrected chi connectivity index (χ2v) is 8.10. The highest BCUT2D eigenvalue weighted by Gasteiger charge is 2.28. The third-order valence-corrected chi connectivity index (χ3v) is 5.94. The predicted octanol–water partition coefficient (Wildman–Crippen LogP) is 4.47. The molecule has 3 aromatic heterocycles. The zero-order chi connectivity index (χ0) is 17.3. The van der Waals surface area contributed by atoms with Crippen molar-refractivity contribution in [1.29, 1.82) is 0 Å². The molecule has 1 aromatic carbocycles. The molecule has 1 aliphatic rings. The molecule has 0 radical (unpaired) electrons.